The zero-order valence-corrected chi connectivity index (χ0v) is 14.7. The van der Waals surface area contributed by atoms with Crippen LogP contribution in [0.25, 0.3) is 0 Å². The van der Waals surface area contributed by atoms with Gasteiger partial charge in [-0.15, -0.1) is 0 Å². The van der Waals surface area contributed by atoms with Crippen LogP contribution < -0.4 is 5.32 Å². The largest absolute Gasteiger partial charge is 0.346 e. The number of hydrogen-bond acceptors (Lipinski definition) is 4. The third-order valence-electron chi connectivity index (χ3n) is 3.47. The third-order valence-corrected chi connectivity index (χ3v) is 3.47. The molecule has 0 saturated carbocycles. The van der Waals surface area contributed by atoms with Gasteiger partial charge in [0.2, 0.25) is 0 Å². The van der Waals surface area contributed by atoms with Gasteiger partial charge in [0.05, 0.1) is 11.6 Å². The fourth-order valence-electron chi connectivity index (χ4n) is 2.40. The van der Waals surface area contributed by atoms with Crippen LogP contribution in [0.3, 0.4) is 0 Å². The molecular weight excluding hydrogens is 314 g/mol. The monoisotopic (exact) mass is 335 g/mol. The highest BCUT2D eigenvalue weighted by Crippen LogP contribution is 2.11. The Morgan fingerprint density at radius 1 is 1.16 bits per heavy atom. The molecule has 0 spiro atoms. The maximum absolute atomic E-state index is 12.3. The van der Waals surface area contributed by atoms with Gasteiger partial charge in [-0.2, -0.15) is 5.26 Å². The molecule has 1 aromatic heterocycles. The van der Waals surface area contributed by atoms with Crippen LogP contribution >= 0.6 is 0 Å². The van der Waals surface area contributed by atoms with Crippen molar-refractivity contribution in [2.75, 3.05) is 0 Å². The summed E-state index contributed by atoms with van der Waals surface area (Å²) < 4.78 is 0. The fraction of sp³-hybridized carbons (Fsp3) is 0.300. The van der Waals surface area contributed by atoms with Gasteiger partial charge >= 0.3 is 0 Å². The second-order valence-corrected chi connectivity index (χ2v) is 6.91. The number of carbonyl (C=O) groups excluding carboxylic acids is 2. The van der Waals surface area contributed by atoms with Crippen LogP contribution in [0.2, 0.25) is 0 Å². The lowest BCUT2D eigenvalue weighted by atomic mass is 9.99. The van der Waals surface area contributed by atoms with Gasteiger partial charge in [0.15, 0.2) is 0 Å². The highest BCUT2D eigenvalue weighted by molar-refractivity contribution is 5.93. The summed E-state index contributed by atoms with van der Waals surface area (Å²) in [5.41, 5.74) is 1.89. The van der Waals surface area contributed by atoms with Crippen LogP contribution in [0, 0.1) is 11.3 Å². The molecule has 5 nitrogen and oxygen atoms in total. The molecule has 5 heteroatoms. The van der Waals surface area contributed by atoms with Gasteiger partial charge in [-0.3, -0.25) is 14.6 Å². The van der Waals surface area contributed by atoms with Crippen LogP contribution in [0.15, 0.2) is 42.6 Å². The predicted molar refractivity (Wildman–Crippen MR) is 95.0 cm³/mol. The third kappa shape index (κ3) is 5.54. The zero-order valence-electron chi connectivity index (χ0n) is 14.7. The van der Waals surface area contributed by atoms with E-state index in [9.17, 15) is 9.59 Å². The molecule has 128 valence electrons. The summed E-state index contributed by atoms with van der Waals surface area (Å²) in [5.74, 6) is -0.285. The highest BCUT2D eigenvalue weighted by atomic mass is 16.2. The quantitative estimate of drug-likeness (QED) is 0.911. The van der Waals surface area contributed by atoms with Crippen molar-refractivity contribution in [2.45, 2.75) is 39.2 Å². The average Bonchev–Trinajstić information content (AvgIpc) is 2.54. The SMILES string of the molecule is CC(C)(C)NC(=O)c1cc(CC(=O)Cc2ccccc2C#N)ccn1. The lowest BCUT2D eigenvalue weighted by molar-refractivity contribution is -0.117. The van der Waals surface area contributed by atoms with Crippen molar-refractivity contribution in [3.05, 3.63) is 65.0 Å². The van der Waals surface area contributed by atoms with E-state index in [-0.39, 0.29) is 35.8 Å². The lowest BCUT2D eigenvalue weighted by Gasteiger charge is -2.20. The molecule has 25 heavy (non-hydrogen) atoms. The summed E-state index contributed by atoms with van der Waals surface area (Å²) >= 11 is 0. The second-order valence-electron chi connectivity index (χ2n) is 6.91. The zero-order chi connectivity index (χ0) is 18.4. The molecule has 0 aliphatic carbocycles. The Morgan fingerprint density at radius 3 is 2.56 bits per heavy atom. The minimum Gasteiger partial charge on any atom is -0.346 e. The van der Waals surface area contributed by atoms with E-state index in [1.54, 1.807) is 30.3 Å². The van der Waals surface area contributed by atoms with Gasteiger partial charge in [0, 0.05) is 24.6 Å². The topological polar surface area (TPSA) is 82.9 Å². The van der Waals surface area contributed by atoms with Crippen molar-refractivity contribution < 1.29 is 9.59 Å². The molecule has 1 N–H and O–H groups in total. The Morgan fingerprint density at radius 2 is 1.88 bits per heavy atom. The number of nitrogens with zero attached hydrogens (tertiary/aromatic N) is 2. The van der Waals surface area contributed by atoms with E-state index in [4.69, 9.17) is 5.26 Å². The molecule has 0 radical (unpaired) electrons. The van der Waals surface area contributed by atoms with E-state index in [1.165, 1.54) is 6.20 Å². The molecular formula is C20H21N3O2. The molecule has 0 bridgehead atoms. The number of amides is 1. The van der Waals surface area contributed by atoms with Gasteiger partial charge in [-0.05, 0) is 50.1 Å². The first-order chi connectivity index (χ1) is 11.8. The van der Waals surface area contributed by atoms with Crippen molar-refractivity contribution in [3.63, 3.8) is 0 Å². The van der Waals surface area contributed by atoms with E-state index in [2.05, 4.69) is 16.4 Å². The summed E-state index contributed by atoms with van der Waals surface area (Å²) in [5, 5.41) is 11.9. The standard InChI is InChI=1S/C20H21N3O2/c1-20(2,3)23-19(25)18-11-14(8-9-22-18)10-17(24)12-15-6-4-5-7-16(15)13-21/h4-9,11H,10,12H2,1-3H3,(H,23,25). The smallest absolute Gasteiger partial charge is 0.270 e. The molecule has 0 fully saturated rings. The molecule has 0 unspecified atom stereocenters. The van der Waals surface area contributed by atoms with Gasteiger partial charge < -0.3 is 5.32 Å². The first kappa shape index (κ1) is 18.3. The first-order valence-electron chi connectivity index (χ1n) is 8.05. The van der Waals surface area contributed by atoms with Gasteiger partial charge in [0.25, 0.3) is 5.91 Å². The minimum absolute atomic E-state index is 0.0175. The number of pyridine rings is 1. The average molecular weight is 335 g/mol. The Balaban J connectivity index is 2.08. The second kappa shape index (κ2) is 7.71. The van der Waals surface area contributed by atoms with Crippen LogP contribution in [0.1, 0.15) is 48.0 Å². The van der Waals surface area contributed by atoms with Crippen LogP contribution in [-0.4, -0.2) is 22.2 Å². The van der Waals surface area contributed by atoms with Crippen LogP contribution in [0.5, 0.6) is 0 Å². The molecule has 0 aliphatic heterocycles. The normalized spacial score (nSPS) is 10.8. The number of hydrogen-bond donors (Lipinski definition) is 1. The Kier molecular flexibility index (Phi) is 5.66. The number of rotatable bonds is 5. The van der Waals surface area contributed by atoms with Crippen molar-refractivity contribution >= 4 is 11.7 Å². The minimum atomic E-state index is -0.356. The number of aromatic nitrogens is 1. The molecule has 0 aliphatic rings. The van der Waals surface area contributed by atoms with Crippen LogP contribution in [-0.2, 0) is 17.6 Å². The Bertz CT molecular complexity index is 829. The molecule has 1 aromatic carbocycles. The number of Topliss-reactive ketones (excluding diaryl/α,β-unsaturated/α-hetero) is 1. The van der Waals surface area contributed by atoms with E-state index in [0.717, 1.165) is 11.1 Å². The number of benzene rings is 1. The number of nitrogens with one attached hydrogen (secondary N) is 1. The van der Waals surface area contributed by atoms with Crippen molar-refractivity contribution in [1.82, 2.24) is 10.3 Å². The van der Waals surface area contributed by atoms with Crippen molar-refractivity contribution in [1.29, 1.82) is 5.26 Å². The number of ketones is 1. The molecule has 2 rings (SSSR count). The highest BCUT2D eigenvalue weighted by Gasteiger charge is 2.17. The number of carbonyl (C=O) groups is 2. The van der Waals surface area contributed by atoms with Gasteiger partial charge in [-0.1, -0.05) is 18.2 Å². The maximum atomic E-state index is 12.3. The molecule has 0 saturated heterocycles. The maximum Gasteiger partial charge on any atom is 0.270 e. The summed E-state index contributed by atoms with van der Waals surface area (Å²) in [4.78, 5) is 28.6. The molecule has 2 aromatic rings. The first-order valence-corrected chi connectivity index (χ1v) is 8.05. The van der Waals surface area contributed by atoms with Crippen molar-refractivity contribution in [3.8, 4) is 6.07 Å². The summed E-state index contributed by atoms with van der Waals surface area (Å²) in [6.45, 7) is 5.68. The van der Waals surface area contributed by atoms with Crippen molar-refractivity contribution in [2.24, 2.45) is 0 Å². The summed E-state index contributed by atoms with van der Waals surface area (Å²) in [6, 6.07) is 12.5. The molecule has 1 amide bonds. The summed E-state index contributed by atoms with van der Waals surface area (Å²) in [7, 11) is 0. The van der Waals surface area contributed by atoms with Gasteiger partial charge in [-0.25, -0.2) is 0 Å². The number of nitriles is 1. The molecule has 0 atom stereocenters. The van der Waals surface area contributed by atoms with E-state index >= 15 is 0 Å². The lowest BCUT2D eigenvalue weighted by Crippen LogP contribution is -2.40. The van der Waals surface area contributed by atoms with Gasteiger partial charge in [0.1, 0.15) is 11.5 Å². The van der Waals surface area contributed by atoms with E-state index in [1.807, 2.05) is 26.8 Å². The predicted octanol–water partition coefficient (Wildman–Crippen LogP) is 2.84. The van der Waals surface area contributed by atoms with Crippen LogP contribution in [0.4, 0.5) is 0 Å². The fourth-order valence-corrected chi connectivity index (χ4v) is 2.40. The Labute approximate surface area is 147 Å². The molecule has 1 heterocycles. The Hall–Kier alpha value is -3.00. The van der Waals surface area contributed by atoms with E-state index in [0.29, 0.717) is 5.56 Å². The van der Waals surface area contributed by atoms with E-state index < -0.39 is 0 Å². The summed E-state index contributed by atoms with van der Waals surface area (Å²) in [6.07, 6.45) is 1.91.